The summed E-state index contributed by atoms with van der Waals surface area (Å²) in [7, 11) is 1.69. The lowest BCUT2D eigenvalue weighted by molar-refractivity contribution is 0.0114. The fourth-order valence-electron chi connectivity index (χ4n) is 4.21. The first-order chi connectivity index (χ1) is 10.3. The Morgan fingerprint density at radius 2 is 2.00 bits per heavy atom. The van der Waals surface area contributed by atoms with Gasteiger partial charge in [-0.3, -0.25) is 0 Å². The van der Waals surface area contributed by atoms with E-state index in [2.05, 4.69) is 16.9 Å². The van der Waals surface area contributed by atoms with Gasteiger partial charge in [-0.2, -0.15) is 0 Å². The highest BCUT2D eigenvalue weighted by molar-refractivity contribution is 6.68. The Morgan fingerprint density at radius 3 is 2.67 bits per heavy atom. The molecule has 0 saturated carbocycles. The third kappa shape index (κ3) is 1.80. The molecule has 1 aromatic rings. The van der Waals surface area contributed by atoms with Crippen molar-refractivity contribution in [3.05, 3.63) is 29.8 Å². The first kappa shape index (κ1) is 13.6. The number of nitrogens with zero attached hydrogens (tertiary/aromatic N) is 1. The van der Waals surface area contributed by atoms with Crippen molar-refractivity contribution in [1.29, 1.82) is 0 Å². The molecule has 0 spiro atoms. The van der Waals surface area contributed by atoms with Crippen molar-refractivity contribution in [2.75, 3.05) is 40.0 Å². The summed E-state index contributed by atoms with van der Waals surface area (Å²) >= 11 is 0. The molecule has 0 amide bonds. The van der Waals surface area contributed by atoms with E-state index in [1.54, 1.807) is 7.11 Å². The van der Waals surface area contributed by atoms with E-state index < -0.39 is 12.2 Å². The number of ether oxygens (including phenoxy) is 2. The Balaban J connectivity index is 1.83. The zero-order valence-electron chi connectivity index (χ0n) is 12.4. The number of hydrogen-bond acceptors (Lipinski definition) is 5. The van der Waals surface area contributed by atoms with Gasteiger partial charge in [0.15, 0.2) is 0 Å². The van der Waals surface area contributed by atoms with Gasteiger partial charge >= 0.3 is 6.69 Å². The number of hydrogen-bond donors (Lipinski definition) is 0. The minimum atomic E-state index is -1.56. The van der Waals surface area contributed by atoms with Gasteiger partial charge in [0.25, 0.3) is 0 Å². The third-order valence-electron chi connectivity index (χ3n) is 5.13. The van der Waals surface area contributed by atoms with Crippen LogP contribution < -0.4 is 4.74 Å². The van der Waals surface area contributed by atoms with E-state index in [1.807, 2.05) is 12.1 Å². The van der Waals surface area contributed by atoms with Crippen LogP contribution in [-0.4, -0.2) is 51.5 Å². The van der Waals surface area contributed by atoms with E-state index in [9.17, 15) is 0 Å². The quantitative estimate of drug-likeness (QED) is 0.790. The number of fused-ring (bicyclic) bond motifs is 1. The van der Waals surface area contributed by atoms with E-state index in [1.165, 1.54) is 0 Å². The first-order valence-electron chi connectivity index (χ1n) is 7.76. The average Bonchev–Trinajstić information content (AvgIpc) is 3.22. The fourth-order valence-corrected chi connectivity index (χ4v) is 4.21. The molecule has 0 N–H and O–H groups in total. The summed E-state index contributed by atoms with van der Waals surface area (Å²) in [6, 6.07) is 8.13. The molecule has 3 heterocycles. The smallest absolute Gasteiger partial charge is 0.353 e. The molecule has 21 heavy (non-hydrogen) atoms. The van der Waals surface area contributed by atoms with Crippen LogP contribution in [0.2, 0.25) is 0 Å². The number of benzene rings is 1. The Kier molecular flexibility index (Phi) is 3.22. The predicted octanol–water partition coefficient (Wildman–Crippen LogP) is 1.54. The van der Waals surface area contributed by atoms with Crippen LogP contribution in [0.5, 0.6) is 5.75 Å². The summed E-state index contributed by atoms with van der Waals surface area (Å²) in [5, 5.41) is 0. The van der Waals surface area contributed by atoms with Crippen molar-refractivity contribution < 1.29 is 18.8 Å². The first-order valence-corrected chi connectivity index (χ1v) is 7.76. The summed E-state index contributed by atoms with van der Waals surface area (Å²) in [4.78, 5) is 2.34. The molecule has 4 rings (SSSR count). The molecule has 0 radical (unpaired) electrons. The zero-order valence-corrected chi connectivity index (χ0v) is 12.4. The molecule has 1 aromatic carbocycles. The maximum Gasteiger partial charge on any atom is 0.353 e. The summed E-state index contributed by atoms with van der Waals surface area (Å²) < 4.78 is 24.0. The van der Waals surface area contributed by atoms with Crippen molar-refractivity contribution >= 4 is 6.69 Å². The van der Waals surface area contributed by atoms with Gasteiger partial charge in [-0.25, -0.2) is 0 Å². The van der Waals surface area contributed by atoms with Gasteiger partial charge in [0.05, 0.1) is 7.11 Å². The summed E-state index contributed by atoms with van der Waals surface area (Å²) in [6.07, 6.45) is 1.96. The SMILES string of the molecule is COc1cccc(C2([B-]34OCCN3CCO4)CCCO2)c1. The van der Waals surface area contributed by atoms with Crippen molar-refractivity contribution in [3.8, 4) is 5.75 Å². The lowest BCUT2D eigenvalue weighted by Gasteiger charge is -2.51. The van der Waals surface area contributed by atoms with Crippen molar-refractivity contribution in [3.63, 3.8) is 0 Å². The second-order valence-electron chi connectivity index (χ2n) is 6.02. The molecule has 1 atom stereocenters. The molecule has 3 aliphatic rings. The molecule has 6 heteroatoms. The topological polar surface area (TPSA) is 40.2 Å². The Bertz CT molecular complexity index is 522. The van der Waals surface area contributed by atoms with Crippen LogP contribution in [0.1, 0.15) is 18.4 Å². The standard InChI is InChI=1S/C15H21BNO4/c1-18-14-5-2-4-13(12-14)15(6-3-9-19-15)16-17(7-10-20-16)8-11-21-16/h2,4-5,12H,3,6-11H2,1H3/q-1. The molecule has 3 saturated heterocycles. The van der Waals surface area contributed by atoms with Crippen LogP contribution in [-0.2, 0) is 19.5 Å². The number of methoxy groups -OCH3 is 1. The monoisotopic (exact) mass is 290 g/mol. The van der Waals surface area contributed by atoms with Gasteiger partial charge in [-0.05, 0) is 43.6 Å². The van der Waals surface area contributed by atoms with Gasteiger partial charge in [0.2, 0.25) is 0 Å². The van der Waals surface area contributed by atoms with Crippen molar-refractivity contribution in [2.24, 2.45) is 0 Å². The summed E-state index contributed by atoms with van der Waals surface area (Å²) in [5.41, 5.74) is 0.606. The maximum absolute atomic E-state index is 6.30. The maximum atomic E-state index is 6.30. The Labute approximate surface area is 125 Å². The van der Waals surface area contributed by atoms with E-state index >= 15 is 0 Å². The highest BCUT2D eigenvalue weighted by Gasteiger charge is 2.60. The normalized spacial score (nSPS) is 31.5. The minimum Gasteiger partial charge on any atom is -0.552 e. The average molecular weight is 290 g/mol. The van der Waals surface area contributed by atoms with Crippen LogP contribution in [0.25, 0.3) is 0 Å². The van der Waals surface area contributed by atoms with Gasteiger partial charge in [-0.1, -0.05) is 12.1 Å². The van der Waals surface area contributed by atoms with Crippen molar-refractivity contribution in [2.45, 2.75) is 18.3 Å². The Morgan fingerprint density at radius 1 is 1.19 bits per heavy atom. The lowest BCUT2D eigenvalue weighted by Crippen LogP contribution is -2.64. The molecule has 0 aromatic heterocycles. The third-order valence-corrected chi connectivity index (χ3v) is 5.13. The molecular formula is C15H21BNO4-. The molecule has 3 fully saturated rings. The van der Waals surface area contributed by atoms with E-state index in [0.29, 0.717) is 0 Å². The molecule has 1 unspecified atom stereocenters. The molecule has 3 aliphatic heterocycles. The van der Waals surface area contributed by atoms with Crippen LogP contribution in [0.4, 0.5) is 0 Å². The Hall–Kier alpha value is -1.08. The van der Waals surface area contributed by atoms with E-state index in [4.69, 9.17) is 18.8 Å². The predicted molar refractivity (Wildman–Crippen MR) is 79.1 cm³/mol. The molecule has 0 bridgehead atoms. The summed E-state index contributed by atoms with van der Waals surface area (Å²) in [6.45, 7) is 2.47. The molecule has 0 aliphatic carbocycles. The van der Waals surface area contributed by atoms with E-state index in [-0.39, 0.29) is 0 Å². The number of rotatable bonds is 3. The minimum absolute atomic E-state index is 0.498. The van der Waals surface area contributed by atoms with Gasteiger partial charge in [-0.15, -0.1) is 0 Å². The van der Waals surface area contributed by atoms with Gasteiger partial charge in [0.1, 0.15) is 5.75 Å². The second kappa shape index (κ2) is 4.99. The lowest BCUT2D eigenvalue weighted by atomic mass is 9.50. The highest BCUT2D eigenvalue weighted by atomic mass is 16.7. The van der Waals surface area contributed by atoms with Gasteiger partial charge < -0.3 is 23.6 Å². The zero-order chi connectivity index (χ0) is 14.3. The van der Waals surface area contributed by atoms with E-state index in [0.717, 1.165) is 57.1 Å². The van der Waals surface area contributed by atoms with Crippen molar-refractivity contribution in [1.82, 2.24) is 4.81 Å². The fraction of sp³-hybridized carbons (Fsp3) is 0.600. The van der Waals surface area contributed by atoms with Crippen LogP contribution in [0.3, 0.4) is 0 Å². The molecule has 114 valence electrons. The van der Waals surface area contributed by atoms with Crippen LogP contribution in [0, 0.1) is 0 Å². The molecule has 5 nitrogen and oxygen atoms in total. The largest absolute Gasteiger partial charge is 0.552 e. The molecular weight excluding hydrogens is 269 g/mol. The van der Waals surface area contributed by atoms with Gasteiger partial charge in [0, 0.05) is 25.3 Å². The highest BCUT2D eigenvalue weighted by Crippen LogP contribution is 2.49. The second-order valence-corrected chi connectivity index (χ2v) is 6.02. The summed E-state index contributed by atoms with van der Waals surface area (Å²) in [5.74, 6) is 0.845. The van der Waals surface area contributed by atoms with Crippen LogP contribution >= 0.6 is 0 Å². The van der Waals surface area contributed by atoms with Crippen LogP contribution in [0.15, 0.2) is 24.3 Å².